The Morgan fingerprint density at radius 1 is 1.00 bits per heavy atom. The Morgan fingerprint density at radius 3 is 2.27 bits per heavy atom. The van der Waals surface area contributed by atoms with Crippen LogP contribution in [0.15, 0.2) is 54.1 Å². The van der Waals surface area contributed by atoms with E-state index < -0.39 is 17.7 Å². The monoisotopic (exact) mass is 353 g/mol. The number of likely N-dealkylation sites (tertiary alicyclic amines) is 1. The number of hydrogen-bond donors (Lipinski definition) is 1. The molecule has 134 valence electrons. The molecule has 1 heterocycles. The Bertz CT molecular complexity index is 888. The number of aliphatic hydroxyl groups is 1. The van der Waals surface area contributed by atoms with Crippen LogP contribution in [-0.4, -0.2) is 43.0 Å². The predicted molar refractivity (Wildman–Crippen MR) is 96.1 cm³/mol. The van der Waals surface area contributed by atoms with E-state index in [9.17, 15) is 14.7 Å². The van der Waals surface area contributed by atoms with Gasteiger partial charge in [0.2, 0.25) is 0 Å². The maximum atomic E-state index is 12.5. The third kappa shape index (κ3) is 2.79. The van der Waals surface area contributed by atoms with E-state index in [1.54, 1.807) is 25.2 Å². The average Bonchev–Trinajstić information content (AvgIpc) is 2.91. The van der Waals surface area contributed by atoms with Gasteiger partial charge in [0.05, 0.1) is 25.8 Å². The fourth-order valence-electron chi connectivity index (χ4n) is 3.11. The number of rotatable bonds is 4. The Morgan fingerprint density at radius 2 is 1.65 bits per heavy atom. The summed E-state index contributed by atoms with van der Waals surface area (Å²) >= 11 is 0. The summed E-state index contributed by atoms with van der Waals surface area (Å²) in [6.45, 7) is 0. The van der Waals surface area contributed by atoms with Crippen molar-refractivity contribution < 1.29 is 24.2 Å². The third-order valence-corrected chi connectivity index (χ3v) is 4.45. The number of carbonyl (C=O) groups is 2. The number of benzene rings is 2. The van der Waals surface area contributed by atoms with E-state index in [0.717, 1.165) is 5.56 Å². The van der Waals surface area contributed by atoms with Crippen LogP contribution in [0.3, 0.4) is 0 Å². The number of nitrogens with zero attached hydrogens (tertiary/aromatic N) is 1. The van der Waals surface area contributed by atoms with Crippen LogP contribution in [0.1, 0.15) is 17.2 Å². The summed E-state index contributed by atoms with van der Waals surface area (Å²) in [5, 5.41) is 10.8. The zero-order valence-electron chi connectivity index (χ0n) is 14.7. The first-order valence-electron chi connectivity index (χ1n) is 8.01. The number of ketones is 1. The minimum Gasteiger partial charge on any atom is -0.507 e. The van der Waals surface area contributed by atoms with Gasteiger partial charge in [-0.1, -0.05) is 30.3 Å². The molecule has 1 atom stereocenters. The fourth-order valence-corrected chi connectivity index (χ4v) is 3.11. The molecular weight excluding hydrogens is 334 g/mol. The molecule has 6 nitrogen and oxygen atoms in total. The summed E-state index contributed by atoms with van der Waals surface area (Å²) in [5.41, 5.74) is 1.17. The number of methoxy groups -OCH3 is 2. The van der Waals surface area contributed by atoms with Crippen molar-refractivity contribution in [3.8, 4) is 11.5 Å². The molecule has 0 spiro atoms. The number of aliphatic hydroxyl groups excluding tert-OH is 1. The molecule has 2 aromatic carbocycles. The number of hydrogen-bond acceptors (Lipinski definition) is 5. The highest BCUT2D eigenvalue weighted by atomic mass is 16.5. The normalized spacial score (nSPS) is 18.9. The molecule has 0 aromatic heterocycles. The molecule has 1 N–H and O–H groups in total. The fraction of sp³-hybridized carbons (Fsp3) is 0.200. The number of ether oxygens (including phenoxy) is 2. The van der Waals surface area contributed by atoms with Gasteiger partial charge in [-0.05, 0) is 23.8 Å². The quantitative estimate of drug-likeness (QED) is 0.520. The second-order valence-corrected chi connectivity index (χ2v) is 5.89. The summed E-state index contributed by atoms with van der Waals surface area (Å²) < 4.78 is 10.4. The van der Waals surface area contributed by atoms with Crippen LogP contribution in [0, 0.1) is 0 Å². The smallest absolute Gasteiger partial charge is 0.295 e. The molecule has 1 aliphatic rings. The van der Waals surface area contributed by atoms with Crippen molar-refractivity contribution >= 4 is 17.4 Å². The van der Waals surface area contributed by atoms with Crippen LogP contribution in [-0.2, 0) is 9.59 Å². The molecule has 0 saturated carbocycles. The van der Waals surface area contributed by atoms with Crippen molar-refractivity contribution in [3.63, 3.8) is 0 Å². The minimum absolute atomic E-state index is 0.0518. The molecule has 2 aromatic rings. The molecule has 0 radical (unpaired) electrons. The highest BCUT2D eigenvalue weighted by Crippen LogP contribution is 2.39. The maximum absolute atomic E-state index is 12.5. The van der Waals surface area contributed by atoms with Crippen LogP contribution < -0.4 is 9.47 Å². The van der Waals surface area contributed by atoms with E-state index in [1.807, 2.05) is 30.3 Å². The van der Waals surface area contributed by atoms with Crippen molar-refractivity contribution in [3.05, 3.63) is 65.2 Å². The molecule has 26 heavy (non-hydrogen) atoms. The third-order valence-electron chi connectivity index (χ3n) is 4.45. The lowest BCUT2D eigenvalue weighted by molar-refractivity contribution is -0.139. The summed E-state index contributed by atoms with van der Waals surface area (Å²) in [6, 6.07) is 13.3. The van der Waals surface area contributed by atoms with Crippen molar-refractivity contribution in [1.82, 2.24) is 4.90 Å². The van der Waals surface area contributed by atoms with Gasteiger partial charge in [0.1, 0.15) is 5.76 Å². The molecular formula is C20H19NO5. The molecule has 0 bridgehead atoms. The number of likely N-dealkylation sites (N-methyl/N-ethyl adjacent to an activating group) is 1. The maximum Gasteiger partial charge on any atom is 0.295 e. The van der Waals surface area contributed by atoms with E-state index in [2.05, 4.69) is 0 Å². The van der Waals surface area contributed by atoms with Crippen LogP contribution >= 0.6 is 0 Å². The predicted octanol–water partition coefficient (Wildman–Crippen LogP) is 2.76. The summed E-state index contributed by atoms with van der Waals surface area (Å²) in [6.07, 6.45) is 0. The first-order valence-corrected chi connectivity index (χ1v) is 8.01. The van der Waals surface area contributed by atoms with Gasteiger partial charge >= 0.3 is 0 Å². The number of amides is 1. The lowest BCUT2D eigenvalue weighted by Gasteiger charge is -2.21. The molecule has 1 amide bonds. The standard InChI is InChI=1S/C20H19NO5/c1-21-17(12-7-5-4-6-8-12)16(19(23)20(21)24)18(22)13-9-10-14(25-2)15(11-13)26-3/h4-11,17,22H,1-3H3. The molecule has 1 aliphatic heterocycles. The van der Waals surface area contributed by atoms with Crippen LogP contribution in [0.25, 0.3) is 5.76 Å². The zero-order valence-corrected chi connectivity index (χ0v) is 14.7. The second-order valence-electron chi connectivity index (χ2n) is 5.89. The highest BCUT2D eigenvalue weighted by molar-refractivity contribution is 6.46. The largest absolute Gasteiger partial charge is 0.507 e. The lowest BCUT2D eigenvalue weighted by atomic mass is 9.95. The van der Waals surface area contributed by atoms with Gasteiger partial charge in [-0.15, -0.1) is 0 Å². The Balaban J connectivity index is 2.17. The Labute approximate surface area is 151 Å². The lowest BCUT2D eigenvalue weighted by Crippen LogP contribution is -2.24. The number of carbonyl (C=O) groups excluding carboxylic acids is 2. The molecule has 1 unspecified atom stereocenters. The second kappa shape index (κ2) is 6.92. The van der Waals surface area contributed by atoms with Gasteiger partial charge < -0.3 is 19.5 Å². The molecule has 1 fully saturated rings. The van der Waals surface area contributed by atoms with Gasteiger partial charge in [0, 0.05) is 12.6 Å². The van der Waals surface area contributed by atoms with Crippen LogP contribution in [0.4, 0.5) is 0 Å². The summed E-state index contributed by atoms with van der Waals surface area (Å²) in [7, 11) is 4.54. The van der Waals surface area contributed by atoms with E-state index in [4.69, 9.17) is 9.47 Å². The van der Waals surface area contributed by atoms with Gasteiger partial charge in [0.25, 0.3) is 11.7 Å². The minimum atomic E-state index is -0.714. The van der Waals surface area contributed by atoms with Gasteiger partial charge in [0.15, 0.2) is 11.5 Å². The summed E-state index contributed by atoms with van der Waals surface area (Å²) in [5.74, 6) is -0.699. The van der Waals surface area contributed by atoms with Crippen molar-refractivity contribution in [2.24, 2.45) is 0 Å². The Hall–Kier alpha value is -3.28. The zero-order chi connectivity index (χ0) is 18.8. The van der Waals surface area contributed by atoms with E-state index in [0.29, 0.717) is 17.1 Å². The van der Waals surface area contributed by atoms with Crippen molar-refractivity contribution in [1.29, 1.82) is 0 Å². The van der Waals surface area contributed by atoms with Crippen molar-refractivity contribution in [2.75, 3.05) is 21.3 Å². The van der Waals surface area contributed by atoms with Crippen LogP contribution in [0.2, 0.25) is 0 Å². The van der Waals surface area contributed by atoms with Gasteiger partial charge in [-0.25, -0.2) is 0 Å². The topological polar surface area (TPSA) is 76.1 Å². The molecule has 6 heteroatoms. The molecule has 3 rings (SSSR count). The Kier molecular flexibility index (Phi) is 4.67. The first-order chi connectivity index (χ1) is 12.5. The van der Waals surface area contributed by atoms with Crippen molar-refractivity contribution in [2.45, 2.75) is 6.04 Å². The van der Waals surface area contributed by atoms with Gasteiger partial charge in [-0.3, -0.25) is 9.59 Å². The average molecular weight is 353 g/mol. The van der Waals surface area contributed by atoms with E-state index in [-0.39, 0.29) is 11.3 Å². The number of Topliss-reactive ketones (excluding diaryl/α,β-unsaturated/α-hetero) is 1. The van der Waals surface area contributed by atoms with Crippen LogP contribution in [0.5, 0.6) is 11.5 Å². The van der Waals surface area contributed by atoms with E-state index in [1.165, 1.54) is 19.1 Å². The molecule has 1 saturated heterocycles. The van der Waals surface area contributed by atoms with Gasteiger partial charge in [-0.2, -0.15) is 0 Å². The van der Waals surface area contributed by atoms with E-state index >= 15 is 0 Å². The first kappa shape index (κ1) is 17.5. The SMILES string of the molecule is COc1ccc(C(O)=C2C(=O)C(=O)N(C)C2c2ccccc2)cc1OC. The highest BCUT2D eigenvalue weighted by Gasteiger charge is 2.44. The summed E-state index contributed by atoms with van der Waals surface area (Å²) in [4.78, 5) is 26.1. The molecule has 0 aliphatic carbocycles.